The maximum absolute atomic E-state index is 5.27. The molecule has 0 saturated heterocycles. The van der Waals surface area contributed by atoms with Gasteiger partial charge in [-0.15, -0.1) is 0 Å². The van der Waals surface area contributed by atoms with Crippen molar-refractivity contribution in [1.82, 2.24) is 10.2 Å². The number of hydrogen-bond acceptors (Lipinski definition) is 4. The molecule has 2 unspecified atom stereocenters. The van der Waals surface area contributed by atoms with Gasteiger partial charge in [-0.05, 0) is 39.7 Å². The van der Waals surface area contributed by atoms with Crippen LogP contribution in [0.3, 0.4) is 0 Å². The largest absolute Gasteiger partial charge is 0.383 e. The SMILES string of the molecule is COCCN(C(C)CCNC1CC1)C(C)COC. The summed E-state index contributed by atoms with van der Waals surface area (Å²) >= 11 is 0. The van der Waals surface area contributed by atoms with Gasteiger partial charge in [-0.1, -0.05) is 0 Å². The monoisotopic (exact) mass is 258 g/mol. The van der Waals surface area contributed by atoms with Crippen LogP contribution in [0.15, 0.2) is 0 Å². The van der Waals surface area contributed by atoms with Crippen LogP contribution < -0.4 is 5.32 Å². The molecular formula is C14H30N2O2. The second-order valence-corrected chi connectivity index (χ2v) is 5.40. The van der Waals surface area contributed by atoms with E-state index in [2.05, 4.69) is 24.1 Å². The van der Waals surface area contributed by atoms with Gasteiger partial charge in [0.2, 0.25) is 0 Å². The first-order valence-corrected chi connectivity index (χ1v) is 7.16. The lowest BCUT2D eigenvalue weighted by Crippen LogP contribution is -2.45. The van der Waals surface area contributed by atoms with Crippen molar-refractivity contribution in [1.29, 1.82) is 0 Å². The van der Waals surface area contributed by atoms with E-state index < -0.39 is 0 Å². The van der Waals surface area contributed by atoms with Gasteiger partial charge in [0.15, 0.2) is 0 Å². The smallest absolute Gasteiger partial charge is 0.0615 e. The highest BCUT2D eigenvalue weighted by Gasteiger charge is 2.22. The van der Waals surface area contributed by atoms with Crippen molar-refractivity contribution in [3.63, 3.8) is 0 Å². The van der Waals surface area contributed by atoms with Crippen LogP contribution in [0.5, 0.6) is 0 Å². The van der Waals surface area contributed by atoms with Crippen molar-refractivity contribution >= 4 is 0 Å². The standard InChI is InChI=1S/C14H30N2O2/c1-12(7-8-15-14-5-6-14)16(9-10-17-3)13(2)11-18-4/h12-15H,5-11H2,1-4H3. The molecule has 1 fully saturated rings. The summed E-state index contributed by atoms with van der Waals surface area (Å²) in [5.74, 6) is 0. The molecule has 4 nitrogen and oxygen atoms in total. The predicted octanol–water partition coefficient (Wildman–Crippen LogP) is 1.50. The van der Waals surface area contributed by atoms with E-state index in [4.69, 9.17) is 9.47 Å². The summed E-state index contributed by atoms with van der Waals surface area (Å²) in [6.45, 7) is 8.19. The third-order valence-electron chi connectivity index (χ3n) is 3.67. The van der Waals surface area contributed by atoms with Crippen LogP contribution in [0.2, 0.25) is 0 Å². The minimum absolute atomic E-state index is 0.445. The lowest BCUT2D eigenvalue weighted by molar-refractivity contribution is 0.0495. The van der Waals surface area contributed by atoms with Gasteiger partial charge >= 0.3 is 0 Å². The molecule has 18 heavy (non-hydrogen) atoms. The molecule has 0 aromatic rings. The number of ether oxygens (including phenoxy) is 2. The zero-order valence-electron chi connectivity index (χ0n) is 12.4. The molecule has 0 bridgehead atoms. The maximum Gasteiger partial charge on any atom is 0.0615 e. The first-order valence-electron chi connectivity index (χ1n) is 7.16. The van der Waals surface area contributed by atoms with Gasteiger partial charge in [-0.3, -0.25) is 4.90 Å². The quantitative estimate of drug-likeness (QED) is 0.609. The fourth-order valence-corrected chi connectivity index (χ4v) is 2.36. The van der Waals surface area contributed by atoms with E-state index in [9.17, 15) is 0 Å². The zero-order chi connectivity index (χ0) is 13.4. The Bertz CT molecular complexity index is 210. The Kier molecular flexibility index (Phi) is 7.82. The van der Waals surface area contributed by atoms with Crippen LogP contribution in [-0.4, -0.2) is 63.5 Å². The Morgan fingerprint density at radius 3 is 2.44 bits per heavy atom. The average Bonchev–Trinajstić information content (AvgIpc) is 3.14. The highest BCUT2D eigenvalue weighted by molar-refractivity contribution is 4.82. The first-order chi connectivity index (χ1) is 8.69. The molecule has 1 aliphatic rings. The maximum atomic E-state index is 5.27. The van der Waals surface area contributed by atoms with Crippen LogP contribution in [-0.2, 0) is 9.47 Å². The van der Waals surface area contributed by atoms with Crippen LogP contribution >= 0.6 is 0 Å². The molecule has 1 saturated carbocycles. The van der Waals surface area contributed by atoms with Crippen LogP contribution in [0.25, 0.3) is 0 Å². The molecule has 0 heterocycles. The minimum atomic E-state index is 0.445. The van der Waals surface area contributed by atoms with E-state index in [0.717, 1.165) is 32.3 Å². The first kappa shape index (κ1) is 15.9. The van der Waals surface area contributed by atoms with Crippen molar-refractivity contribution in [2.75, 3.05) is 40.5 Å². The molecular weight excluding hydrogens is 228 g/mol. The highest BCUT2D eigenvalue weighted by atomic mass is 16.5. The molecule has 2 atom stereocenters. The molecule has 0 amide bonds. The van der Waals surface area contributed by atoms with E-state index in [1.807, 2.05) is 0 Å². The third-order valence-corrected chi connectivity index (χ3v) is 3.67. The van der Waals surface area contributed by atoms with Gasteiger partial charge in [0.25, 0.3) is 0 Å². The fourth-order valence-electron chi connectivity index (χ4n) is 2.36. The van der Waals surface area contributed by atoms with Crippen molar-refractivity contribution in [3.05, 3.63) is 0 Å². The number of nitrogens with one attached hydrogen (secondary N) is 1. The fraction of sp³-hybridized carbons (Fsp3) is 1.00. The molecule has 0 radical (unpaired) electrons. The Morgan fingerprint density at radius 2 is 1.89 bits per heavy atom. The number of methoxy groups -OCH3 is 2. The van der Waals surface area contributed by atoms with Crippen molar-refractivity contribution in [2.24, 2.45) is 0 Å². The van der Waals surface area contributed by atoms with Crippen molar-refractivity contribution in [2.45, 2.75) is 51.2 Å². The molecule has 0 aromatic carbocycles. The summed E-state index contributed by atoms with van der Waals surface area (Å²) in [6.07, 6.45) is 3.91. The average molecular weight is 258 g/mol. The van der Waals surface area contributed by atoms with Gasteiger partial charge in [0.05, 0.1) is 13.2 Å². The lowest BCUT2D eigenvalue weighted by Gasteiger charge is -2.34. The van der Waals surface area contributed by atoms with Crippen molar-refractivity contribution in [3.8, 4) is 0 Å². The summed E-state index contributed by atoms with van der Waals surface area (Å²) in [4.78, 5) is 2.49. The van der Waals surface area contributed by atoms with Gasteiger partial charge in [-0.25, -0.2) is 0 Å². The Balaban J connectivity index is 2.29. The lowest BCUT2D eigenvalue weighted by atomic mass is 10.1. The second kappa shape index (κ2) is 8.86. The molecule has 1 aliphatic carbocycles. The van der Waals surface area contributed by atoms with Crippen LogP contribution in [0, 0.1) is 0 Å². The summed E-state index contributed by atoms with van der Waals surface area (Å²) in [7, 11) is 3.53. The van der Waals surface area contributed by atoms with E-state index >= 15 is 0 Å². The Hall–Kier alpha value is -0.160. The molecule has 0 spiro atoms. The molecule has 0 aliphatic heterocycles. The third kappa shape index (κ3) is 6.14. The summed E-state index contributed by atoms with van der Waals surface area (Å²) in [6, 6.07) is 1.82. The molecule has 1 rings (SSSR count). The van der Waals surface area contributed by atoms with E-state index in [1.165, 1.54) is 19.3 Å². The number of rotatable bonds is 11. The van der Waals surface area contributed by atoms with Crippen LogP contribution in [0.4, 0.5) is 0 Å². The summed E-state index contributed by atoms with van der Waals surface area (Å²) in [5.41, 5.74) is 0. The highest BCUT2D eigenvalue weighted by Crippen LogP contribution is 2.18. The molecule has 0 aromatic heterocycles. The normalized spacial score (nSPS) is 19.2. The zero-order valence-corrected chi connectivity index (χ0v) is 12.4. The molecule has 4 heteroatoms. The second-order valence-electron chi connectivity index (χ2n) is 5.40. The van der Waals surface area contributed by atoms with Crippen molar-refractivity contribution < 1.29 is 9.47 Å². The van der Waals surface area contributed by atoms with Gasteiger partial charge in [-0.2, -0.15) is 0 Å². The summed E-state index contributed by atoms with van der Waals surface area (Å²) < 4.78 is 10.5. The summed E-state index contributed by atoms with van der Waals surface area (Å²) in [5, 5.41) is 3.58. The van der Waals surface area contributed by atoms with Gasteiger partial charge < -0.3 is 14.8 Å². The number of nitrogens with zero attached hydrogens (tertiary/aromatic N) is 1. The van der Waals surface area contributed by atoms with E-state index in [1.54, 1.807) is 14.2 Å². The van der Waals surface area contributed by atoms with E-state index in [0.29, 0.717) is 12.1 Å². The Labute approximate surface area is 112 Å². The predicted molar refractivity (Wildman–Crippen MR) is 75.0 cm³/mol. The number of hydrogen-bond donors (Lipinski definition) is 1. The van der Waals surface area contributed by atoms with Gasteiger partial charge in [0, 0.05) is 38.9 Å². The van der Waals surface area contributed by atoms with Crippen LogP contribution in [0.1, 0.15) is 33.1 Å². The minimum Gasteiger partial charge on any atom is -0.383 e. The van der Waals surface area contributed by atoms with Gasteiger partial charge in [0.1, 0.15) is 0 Å². The topological polar surface area (TPSA) is 33.7 Å². The Morgan fingerprint density at radius 1 is 1.17 bits per heavy atom. The molecule has 108 valence electrons. The molecule has 1 N–H and O–H groups in total. The van der Waals surface area contributed by atoms with E-state index in [-0.39, 0.29) is 0 Å².